The second-order valence-corrected chi connectivity index (χ2v) is 7.14. The van der Waals surface area contributed by atoms with Crippen molar-refractivity contribution >= 4 is 29.2 Å². The van der Waals surface area contributed by atoms with Crippen LogP contribution in [0.1, 0.15) is 33.2 Å². The molecule has 0 aromatic heterocycles. The van der Waals surface area contributed by atoms with Crippen LogP contribution in [0, 0.1) is 6.92 Å². The van der Waals surface area contributed by atoms with Crippen LogP contribution in [0.15, 0.2) is 72.8 Å². The van der Waals surface area contributed by atoms with Gasteiger partial charge in [0.05, 0.1) is 11.1 Å². The lowest BCUT2D eigenvalue weighted by atomic mass is 10.1. The van der Waals surface area contributed by atoms with E-state index in [1.807, 2.05) is 0 Å². The summed E-state index contributed by atoms with van der Waals surface area (Å²) < 4.78 is 44.2. The van der Waals surface area contributed by atoms with Gasteiger partial charge < -0.3 is 10.1 Å². The van der Waals surface area contributed by atoms with E-state index in [2.05, 4.69) is 5.32 Å². The molecule has 0 saturated carbocycles. The summed E-state index contributed by atoms with van der Waals surface area (Å²) in [6, 6.07) is 16.9. The van der Waals surface area contributed by atoms with E-state index in [1.165, 1.54) is 6.07 Å². The molecule has 0 radical (unpaired) electrons. The number of benzene rings is 3. The standard InChI is InChI=1S/C23H17ClF3NO3/c1-14-10-11-18(13-19(14)24)28-21(29)20(15-6-3-2-4-7-15)31-22(30)16-8-5-9-17(12-16)23(25,26)27/h2-13,20H,1H3,(H,28,29). The Labute approximate surface area is 181 Å². The molecule has 0 saturated heterocycles. The van der Waals surface area contributed by atoms with Crippen LogP contribution in [0.4, 0.5) is 18.9 Å². The number of hydrogen-bond acceptors (Lipinski definition) is 3. The van der Waals surface area contributed by atoms with Gasteiger partial charge in [-0.15, -0.1) is 0 Å². The Morgan fingerprint density at radius 3 is 2.32 bits per heavy atom. The lowest BCUT2D eigenvalue weighted by Crippen LogP contribution is -2.26. The Morgan fingerprint density at radius 1 is 0.968 bits per heavy atom. The summed E-state index contributed by atoms with van der Waals surface area (Å²) >= 11 is 6.08. The highest BCUT2D eigenvalue weighted by atomic mass is 35.5. The minimum absolute atomic E-state index is 0.318. The van der Waals surface area contributed by atoms with Crippen molar-refractivity contribution in [1.82, 2.24) is 0 Å². The van der Waals surface area contributed by atoms with Crippen LogP contribution in [-0.4, -0.2) is 11.9 Å². The fourth-order valence-corrected chi connectivity index (χ4v) is 2.96. The summed E-state index contributed by atoms with van der Waals surface area (Å²) in [5.74, 6) is -1.73. The number of aryl methyl sites for hydroxylation is 1. The minimum Gasteiger partial charge on any atom is -0.444 e. The number of ether oxygens (including phenoxy) is 1. The van der Waals surface area contributed by atoms with Gasteiger partial charge in [0, 0.05) is 16.3 Å². The molecule has 3 rings (SSSR count). The monoisotopic (exact) mass is 447 g/mol. The van der Waals surface area contributed by atoms with Crippen molar-refractivity contribution in [2.45, 2.75) is 19.2 Å². The van der Waals surface area contributed by atoms with Gasteiger partial charge in [0.25, 0.3) is 5.91 Å². The number of amides is 1. The largest absolute Gasteiger partial charge is 0.444 e. The number of esters is 1. The zero-order valence-corrected chi connectivity index (χ0v) is 17.0. The number of nitrogens with one attached hydrogen (secondary N) is 1. The third-order valence-electron chi connectivity index (χ3n) is 4.43. The topological polar surface area (TPSA) is 55.4 Å². The molecule has 3 aromatic rings. The van der Waals surface area contributed by atoms with Crippen molar-refractivity contribution in [2.75, 3.05) is 5.32 Å². The van der Waals surface area contributed by atoms with Gasteiger partial charge in [-0.3, -0.25) is 4.79 Å². The highest BCUT2D eigenvalue weighted by Gasteiger charge is 2.32. The molecule has 3 aromatic carbocycles. The van der Waals surface area contributed by atoms with E-state index < -0.39 is 29.7 Å². The maximum Gasteiger partial charge on any atom is 0.416 e. The van der Waals surface area contributed by atoms with E-state index in [-0.39, 0.29) is 5.56 Å². The van der Waals surface area contributed by atoms with Crippen LogP contribution in [0.25, 0.3) is 0 Å². The highest BCUT2D eigenvalue weighted by molar-refractivity contribution is 6.31. The van der Waals surface area contributed by atoms with Crippen LogP contribution in [-0.2, 0) is 15.7 Å². The molecule has 0 fully saturated rings. The molecular formula is C23H17ClF3NO3. The van der Waals surface area contributed by atoms with Gasteiger partial charge in [-0.05, 0) is 42.8 Å². The number of carbonyl (C=O) groups excluding carboxylic acids is 2. The van der Waals surface area contributed by atoms with E-state index in [1.54, 1.807) is 55.5 Å². The first-order chi connectivity index (χ1) is 14.6. The first-order valence-corrected chi connectivity index (χ1v) is 9.53. The first-order valence-electron chi connectivity index (χ1n) is 9.15. The van der Waals surface area contributed by atoms with Crippen LogP contribution in [0.5, 0.6) is 0 Å². The maximum atomic E-state index is 13.0. The van der Waals surface area contributed by atoms with Crippen molar-refractivity contribution in [2.24, 2.45) is 0 Å². The SMILES string of the molecule is Cc1ccc(NC(=O)C(OC(=O)c2cccc(C(F)(F)F)c2)c2ccccc2)cc1Cl. The van der Waals surface area contributed by atoms with Crippen molar-refractivity contribution < 1.29 is 27.5 Å². The summed E-state index contributed by atoms with van der Waals surface area (Å²) in [6.45, 7) is 1.80. The molecule has 0 aliphatic carbocycles. The predicted octanol–water partition coefficient (Wildman–Crippen LogP) is 6.20. The molecule has 160 valence electrons. The lowest BCUT2D eigenvalue weighted by molar-refractivity contribution is -0.137. The molecule has 1 N–H and O–H groups in total. The summed E-state index contributed by atoms with van der Waals surface area (Å²) in [5.41, 5.74) is 0.254. The smallest absolute Gasteiger partial charge is 0.416 e. The average molecular weight is 448 g/mol. The fraction of sp³-hybridized carbons (Fsp3) is 0.130. The van der Waals surface area contributed by atoms with Crippen LogP contribution < -0.4 is 5.32 Å². The van der Waals surface area contributed by atoms with E-state index in [0.29, 0.717) is 22.3 Å². The minimum atomic E-state index is -4.61. The Hall–Kier alpha value is -3.32. The molecule has 1 unspecified atom stereocenters. The Kier molecular flexibility index (Phi) is 6.65. The summed E-state index contributed by atoms with van der Waals surface area (Å²) in [7, 11) is 0. The summed E-state index contributed by atoms with van der Waals surface area (Å²) in [5, 5.41) is 3.06. The summed E-state index contributed by atoms with van der Waals surface area (Å²) in [4.78, 5) is 25.5. The quantitative estimate of drug-likeness (QED) is 0.473. The second-order valence-electron chi connectivity index (χ2n) is 6.73. The zero-order valence-electron chi connectivity index (χ0n) is 16.2. The van der Waals surface area contributed by atoms with Gasteiger partial charge in [-0.25, -0.2) is 4.79 Å². The van der Waals surface area contributed by atoms with Crippen molar-refractivity contribution in [1.29, 1.82) is 0 Å². The van der Waals surface area contributed by atoms with Crippen molar-refractivity contribution in [3.8, 4) is 0 Å². The van der Waals surface area contributed by atoms with Crippen LogP contribution in [0.2, 0.25) is 5.02 Å². The molecule has 4 nitrogen and oxygen atoms in total. The third-order valence-corrected chi connectivity index (χ3v) is 4.84. The number of hydrogen-bond donors (Lipinski definition) is 1. The fourth-order valence-electron chi connectivity index (χ4n) is 2.78. The Balaban J connectivity index is 1.87. The Bertz CT molecular complexity index is 1100. The number of alkyl halides is 3. The van der Waals surface area contributed by atoms with Gasteiger partial charge in [0.1, 0.15) is 0 Å². The number of carbonyl (C=O) groups is 2. The van der Waals surface area contributed by atoms with Gasteiger partial charge in [-0.2, -0.15) is 13.2 Å². The highest BCUT2D eigenvalue weighted by Crippen LogP contribution is 2.30. The molecule has 1 amide bonds. The molecule has 0 heterocycles. The van der Waals surface area contributed by atoms with Crippen LogP contribution in [0.3, 0.4) is 0 Å². The Morgan fingerprint density at radius 2 is 1.68 bits per heavy atom. The van der Waals surface area contributed by atoms with Crippen LogP contribution >= 0.6 is 11.6 Å². The number of anilines is 1. The molecule has 0 aliphatic heterocycles. The van der Waals surface area contributed by atoms with Gasteiger partial charge in [-0.1, -0.05) is 54.1 Å². The van der Waals surface area contributed by atoms with Gasteiger partial charge >= 0.3 is 12.1 Å². The molecule has 0 aliphatic rings. The maximum absolute atomic E-state index is 13.0. The second kappa shape index (κ2) is 9.22. The van der Waals surface area contributed by atoms with Gasteiger partial charge in [0.15, 0.2) is 0 Å². The van der Waals surface area contributed by atoms with Crippen molar-refractivity contribution in [3.05, 3.63) is 100 Å². The lowest BCUT2D eigenvalue weighted by Gasteiger charge is -2.19. The predicted molar refractivity (Wildman–Crippen MR) is 111 cm³/mol. The molecular weight excluding hydrogens is 431 g/mol. The molecule has 31 heavy (non-hydrogen) atoms. The van der Waals surface area contributed by atoms with Gasteiger partial charge in [0.2, 0.25) is 6.10 Å². The molecule has 0 bridgehead atoms. The average Bonchev–Trinajstić information content (AvgIpc) is 2.74. The van der Waals surface area contributed by atoms with E-state index in [9.17, 15) is 22.8 Å². The van der Waals surface area contributed by atoms with E-state index in [0.717, 1.165) is 17.7 Å². The summed E-state index contributed by atoms with van der Waals surface area (Å²) in [6.07, 6.45) is -6.00. The number of rotatable bonds is 5. The van der Waals surface area contributed by atoms with E-state index >= 15 is 0 Å². The van der Waals surface area contributed by atoms with Crippen molar-refractivity contribution in [3.63, 3.8) is 0 Å². The first kappa shape index (κ1) is 22.4. The molecule has 1 atom stereocenters. The number of halogens is 4. The zero-order chi connectivity index (χ0) is 22.6. The third kappa shape index (κ3) is 5.64. The molecule has 8 heteroatoms. The normalized spacial score (nSPS) is 12.2. The van der Waals surface area contributed by atoms with E-state index in [4.69, 9.17) is 16.3 Å². The molecule has 0 spiro atoms.